The van der Waals surface area contributed by atoms with Crippen LogP contribution in [0.1, 0.15) is 38.1 Å². The molecular weight excluding hydrogens is 448 g/mol. The predicted molar refractivity (Wildman–Crippen MR) is 128 cm³/mol. The van der Waals surface area contributed by atoms with Gasteiger partial charge in [0.1, 0.15) is 12.7 Å². The van der Waals surface area contributed by atoms with Crippen LogP contribution in [0.25, 0.3) is 0 Å². The SMILES string of the molecule is COc1ccc2c(c1OC)C(=O)N1c3ccccc3C(=O)N(CC(=O)NCCc3ccccn3)C21. The zero-order valence-electron chi connectivity index (χ0n) is 19.4. The van der Waals surface area contributed by atoms with Gasteiger partial charge in [0.25, 0.3) is 11.8 Å². The Balaban J connectivity index is 1.47. The summed E-state index contributed by atoms with van der Waals surface area (Å²) >= 11 is 0. The van der Waals surface area contributed by atoms with Crippen LogP contribution in [0.15, 0.2) is 60.8 Å². The smallest absolute Gasteiger partial charge is 0.264 e. The maximum absolute atomic E-state index is 13.7. The molecule has 35 heavy (non-hydrogen) atoms. The van der Waals surface area contributed by atoms with Crippen molar-refractivity contribution >= 4 is 23.4 Å². The van der Waals surface area contributed by atoms with E-state index in [0.29, 0.717) is 46.8 Å². The van der Waals surface area contributed by atoms with E-state index in [-0.39, 0.29) is 24.3 Å². The van der Waals surface area contributed by atoms with Gasteiger partial charge in [-0.3, -0.25) is 24.3 Å². The summed E-state index contributed by atoms with van der Waals surface area (Å²) in [5.74, 6) is -0.250. The number of para-hydroxylation sites is 1. The topological polar surface area (TPSA) is 101 Å². The molecule has 0 saturated heterocycles. The molecule has 2 aliphatic heterocycles. The van der Waals surface area contributed by atoms with Crippen LogP contribution >= 0.6 is 0 Å². The fourth-order valence-electron chi connectivity index (χ4n) is 4.67. The van der Waals surface area contributed by atoms with E-state index in [0.717, 1.165) is 5.69 Å². The number of hydrogen-bond acceptors (Lipinski definition) is 6. The van der Waals surface area contributed by atoms with Crippen LogP contribution in [0.2, 0.25) is 0 Å². The van der Waals surface area contributed by atoms with Gasteiger partial charge in [-0.25, -0.2) is 0 Å². The molecule has 3 aromatic rings. The third-order valence-electron chi connectivity index (χ3n) is 6.23. The van der Waals surface area contributed by atoms with Gasteiger partial charge in [-0.15, -0.1) is 0 Å². The average Bonchev–Trinajstić information content (AvgIpc) is 3.19. The van der Waals surface area contributed by atoms with Crippen LogP contribution in [-0.2, 0) is 11.2 Å². The van der Waals surface area contributed by atoms with Gasteiger partial charge in [0.15, 0.2) is 11.5 Å². The summed E-state index contributed by atoms with van der Waals surface area (Å²) in [6.45, 7) is 0.168. The van der Waals surface area contributed by atoms with E-state index < -0.39 is 6.17 Å². The lowest BCUT2D eigenvalue weighted by Gasteiger charge is -2.40. The molecule has 1 aromatic heterocycles. The summed E-state index contributed by atoms with van der Waals surface area (Å²) in [4.78, 5) is 47.3. The van der Waals surface area contributed by atoms with E-state index in [1.165, 1.54) is 19.1 Å². The number of carbonyl (C=O) groups is 3. The first kappa shape index (κ1) is 22.4. The van der Waals surface area contributed by atoms with Gasteiger partial charge < -0.3 is 19.7 Å². The van der Waals surface area contributed by atoms with Crippen molar-refractivity contribution in [2.75, 3.05) is 32.2 Å². The molecule has 0 bridgehead atoms. The molecule has 1 atom stereocenters. The summed E-state index contributed by atoms with van der Waals surface area (Å²) in [5.41, 5.74) is 2.62. The molecule has 0 spiro atoms. The highest BCUT2D eigenvalue weighted by atomic mass is 16.5. The van der Waals surface area contributed by atoms with Crippen LogP contribution in [-0.4, -0.2) is 54.9 Å². The van der Waals surface area contributed by atoms with Gasteiger partial charge in [0.05, 0.1) is 31.0 Å². The maximum Gasteiger partial charge on any atom is 0.264 e. The Labute approximate surface area is 202 Å². The van der Waals surface area contributed by atoms with Crippen LogP contribution in [0, 0.1) is 0 Å². The van der Waals surface area contributed by atoms with Crippen molar-refractivity contribution in [1.82, 2.24) is 15.2 Å². The molecule has 0 fully saturated rings. The number of ether oxygens (including phenoxy) is 2. The van der Waals surface area contributed by atoms with Gasteiger partial charge in [0.2, 0.25) is 5.91 Å². The molecule has 0 saturated carbocycles. The van der Waals surface area contributed by atoms with E-state index in [1.54, 1.807) is 47.5 Å². The zero-order chi connectivity index (χ0) is 24.5. The molecule has 3 amide bonds. The van der Waals surface area contributed by atoms with Crippen LogP contribution in [0.4, 0.5) is 5.69 Å². The average molecular weight is 473 g/mol. The highest BCUT2D eigenvalue weighted by molar-refractivity contribution is 6.18. The number of amides is 3. The normalized spacial score (nSPS) is 15.9. The molecule has 3 heterocycles. The number of pyridine rings is 1. The monoisotopic (exact) mass is 472 g/mol. The van der Waals surface area contributed by atoms with E-state index >= 15 is 0 Å². The van der Waals surface area contributed by atoms with Gasteiger partial charge in [-0.2, -0.15) is 0 Å². The molecule has 178 valence electrons. The first-order valence-corrected chi connectivity index (χ1v) is 11.2. The third-order valence-corrected chi connectivity index (χ3v) is 6.23. The Morgan fingerprint density at radius 1 is 1.00 bits per heavy atom. The summed E-state index contributed by atoms with van der Waals surface area (Å²) < 4.78 is 10.9. The molecule has 1 N–H and O–H groups in total. The van der Waals surface area contributed by atoms with Crippen molar-refractivity contribution in [3.05, 3.63) is 83.2 Å². The van der Waals surface area contributed by atoms with E-state index in [2.05, 4.69) is 10.3 Å². The number of hydrogen-bond donors (Lipinski definition) is 1. The molecular formula is C26H24N4O5. The number of nitrogens with one attached hydrogen (secondary N) is 1. The van der Waals surface area contributed by atoms with Crippen molar-refractivity contribution in [3.8, 4) is 11.5 Å². The lowest BCUT2D eigenvalue weighted by atomic mass is 10.0. The number of nitrogens with zero attached hydrogens (tertiary/aromatic N) is 3. The quantitative estimate of drug-likeness (QED) is 0.567. The number of rotatable bonds is 7. The molecule has 9 nitrogen and oxygen atoms in total. The van der Waals surface area contributed by atoms with Crippen molar-refractivity contribution in [3.63, 3.8) is 0 Å². The lowest BCUT2D eigenvalue weighted by molar-refractivity contribution is -0.122. The number of methoxy groups -OCH3 is 2. The molecule has 0 aliphatic carbocycles. The summed E-state index contributed by atoms with van der Waals surface area (Å²) in [5, 5.41) is 2.86. The second kappa shape index (κ2) is 9.09. The maximum atomic E-state index is 13.7. The second-order valence-electron chi connectivity index (χ2n) is 8.19. The van der Waals surface area contributed by atoms with Gasteiger partial charge in [-0.1, -0.05) is 24.3 Å². The molecule has 2 aliphatic rings. The number of carbonyl (C=O) groups excluding carboxylic acids is 3. The second-order valence-corrected chi connectivity index (χ2v) is 8.19. The summed E-state index contributed by atoms with van der Waals surface area (Å²) in [6, 6.07) is 16.0. The van der Waals surface area contributed by atoms with Crippen LogP contribution in [0.5, 0.6) is 11.5 Å². The number of aromatic nitrogens is 1. The first-order valence-electron chi connectivity index (χ1n) is 11.2. The number of benzene rings is 2. The molecule has 2 aromatic carbocycles. The minimum atomic E-state index is -0.777. The Morgan fingerprint density at radius 3 is 2.54 bits per heavy atom. The Bertz CT molecular complexity index is 1310. The van der Waals surface area contributed by atoms with Crippen molar-refractivity contribution in [1.29, 1.82) is 0 Å². The molecule has 1 unspecified atom stereocenters. The minimum absolute atomic E-state index is 0.211. The number of anilines is 1. The zero-order valence-corrected chi connectivity index (χ0v) is 19.4. The van der Waals surface area contributed by atoms with E-state index in [1.807, 2.05) is 18.2 Å². The fraction of sp³-hybridized carbons (Fsp3) is 0.231. The first-order chi connectivity index (χ1) is 17.0. The predicted octanol–water partition coefficient (Wildman–Crippen LogP) is 2.57. The van der Waals surface area contributed by atoms with E-state index in [9.17, 15) is 14.4 Å². The minimum Gasteiger partial charge on any atom is -0.493 e. The number of fused-ring (bicyclic) bond motifs is 5. The molecule has 0 radical (unpaired) electrons. The van der Waals surface area contributed by atoms with Crippen molar-refractivity contribution in [2.24, 2.45) is 0 Å². The van der Waals surface area contributed by atoms with Crippen LogP contribution in [0.3, 0.4) is 0 Å². The fourth-order valence-corrected chi connectivity index (χ4v) is 4.67. The molecule has 9 heteroatoms. The van der Waals surface area contributed by atoms with Crippen LogP contribution < -0.4 is 19.7 Å². The standard InChI is InChI=1S/C26H24N4O5/c1-34-20-11-10-18-22(23(20)35-2)26(33)30-19-9-4-3-8-17(19)25(32)29(24(18)30)15-21(31)28-14-12-16-7-5-6-13-27-16/h3-11,13,24H,12,14-15H2,1-2H3,(H,28,31). The van der Waals surface area contributed by atoms with Gasteiger partial charge >= 0.3 is 0 Å². The van der Waals surface area contributed by atoms with Gasteiger partial charge in [0, 0.05) is 30.4 Å². The highest BCUT2D eigenvalue weighted by Gasteiger charge is 2.50. The Kier molecular flexibility index (Phi) is 5.82. The third kappa shape index (κ3) is 3.74. The summed E-state index contributed by atoms with van der Waals surface area (Å²) in [7, 11) is 2.96. The largest absolute Gasteiger partial charge is 0.493 e. The van der Waals surface area contributed by atoms with E-state index in [4.69, 9.17) is 9.47 Å². The lowest BCUT2D eigenvalue weighted by Crippen LogP contribution is -2.51. The Hall–Kier alpha value is -4.40. The Morgan fingerprint density at radius 2 is 1.80 bits per heavy atom. The van der Waals surface area contributed by atoms with Crippen molar-refractivity contribution in [2.45, 2.75) is 12.6 Å². The van der Waals surface area contributed by atoms with Gasteiger partial charge in [-0.05, 0) is 30.3 Å². The summed E-state index contributed by atoms with van der Waals surface area (Å²) in [6.07, 6.45) is 1.49. The van der Waals surface area contributed by atoms with Crippen molar-refractivity contribution < 1.29 is 23.9 Å². The highest BCUT2D eigenvalue weighted by Crippen LogP contribution is 2.49. The molecule has 5 rings (SSSR count).